The molecular formula is C15H24N2OS. The third kappa shape index (κ3) is 4.71. The summed E-state index contributed by atoms with van der Waals surface area (Å²) in [6, 6.07) is 8.76. The second-order valence-corrected chi connectivity index (χ2v) is 5.98. The maximum absolute atomic E-state index is 5.07. The molecule has 0 unspecified atom stereocenters. The summed E-state index contributed by atoms with van der Waals surface area (Å²) in [5, 5.41) is 3.44. The molecule has 0 atom stereocenters. The molecule has 3 nitrogen and oxygen atoms in total. The van der Waals surface area contributed by atoms with Crippen LogP contribution in [0.15, 0.2) is 24.3 Å². The number of nitrogens with zero attached hydrogens (tertiary/aromatic N) is 1. The molecular weight excluding hydrogens is 256 g/mol. The van der Waals surface area contributed by atoms with Crippen molar-refractivity contribution >= 4 is 17.4 Å². The largest absolute Gasteiger partial charge is 0.383 e. The minimum Gasteiger partial charge on any atom is -0.383 e. The van der Waals surface area contributed by atoms with Gasteiger partial charge in [-0.15, -0.1) is 0 Å². The number of benzene rings is 1. The van der Waals surface area contributed by atoms with Gasteiger partial charge in [0.25, 0.3) is 0 Å². The number of para-hydroxylation sites is 1. The highest BCUT2D eigenvalue weighted by atomic mass is 32.2. The number of thioether (sulfide) groups is 1. The Morgan fingerprint density at radius 2 is 2.16 bits per heavy atom. The van der Waals surface area contributed by atoms with Gasteiger partial charge in [0.15, 0.2) is 0 Å². The van der Waals surface area contributed by atoms with Crippen molar-refractivity contribution in [1.29, 1.82) is 0 Å². The van der Waals surface area contributed by atoms with E-state index in [4.69, 9.17) is 4.74 Å². The van der Waals surface area contributed by atoms with Gasteiger partial charge in [-0.05, 0) is 23.8 Å². The third-order valence-corrected chi connectivity index (χ3v) is 4.40. The van der Waals surface area contributed by atoms with Crippen LogP contribution in [0.5, 0.6) is 0 Å². The van der Waals surface area contributed by atoms with Gasteiger partial charge in [0.05, 0.1) is 6.61 Å². The highest BCUT2D eigenvalue weighted by molar-refractivity contribution is 7.99. The van der Waals surface area contributed by atoms with Gasteiger partial charge in [0.1, 0.15) is 0 Å². The molecule has 1 fully saturated rings. The highest BCUT2D eigenvalue weighted by Crippen LogP contribution is 2.23. The number of hydrogen-bond donors (Lipinski definition) is 1. The summed E-state index contributed by atoms with van der Waals surface area (Å²) in [7, 11) is 1.74. The van der Waals surface area contributed by atoms with Gasteiger partial charge in [0, 0.05) is 44.7 Å². The van der Waals surface area contributed by atoms with E-state index in [1.54, 1.807) is 7.11 Å². The summed E-state index contributed by atoms with van der Waals surface area (Å²) < 4.78 is 5.07. The van der Waals surface area contributed by atoms with Crippen LogP contribution in [0.1, 0.15) is 12.0 Å². The molecule has 0 aliphatic carbocycles. The Kier molecular flexibility index (Phi) is 6.54. The molecule has 0 saturated carbocycles. The summed E-state index contributed by atoms with van der Waals surface area (Å²) in [4.78, 5) is 2.54. The topological polar surface area (TPSA) is 24.5 Å². The molecule has 1 saturated heterocycles. The first-order valence-electron chi connectivity index (χ1n) is 7.02. The van der Waals surface area contributed by atoms with Crippen molar-refractivity contribution in [2.45, 2.75) is 13.0 Å². The van der Waals surface area contributed by atoms with E-state index in [1.165, 1.54) is 42.3 Å². The van der Waals surface area contributed by atoms with Crippen molar-refractivity contribution in [2.24, 2.45) is 0 Å². The van der Waals surface area contributed by atoms with Crippen LogP contribution in [-0.2, 0) is 11.3 Å². The predicted octanol–water partition coefficient (Wildman–Crippen LogP) is 2.37. The van der Waals surface area contributed by atoms with Crippen LogP contribution in [0.2, 0.25) is 0 Å². The quantitative estimate of drug-likeness (QED) is 0.809. The lowest BCUT2D eigenvalue weighted by Crippen LogP contribution is -2.28. The molecule has 19 heavy (non-hydrogen) atoms. The van der Waals surface area contributed by atoms with Crippen LogP contribution < -0.4 is 10.2 Å². The molecule has 0 spiro atoms. The first kappa shape index (κ1) is 14.7. The maximum Gasteiger partial charge on any atom is 0.0587 e. The number of nitrogens with one attached hydrogen (secondary N) is 1. The zero-order chi connectivity index (χ0) is 13.3. The lowest BCUT2D eigenvalue weighted by Gasteiger charge is -2.25. The lowest BCUT2D eigenvalue weighted by molar-refractivity contribution is 0.199. The van der Waals surface area contributed by atoms with Gasteiger partial charge in [-0.1, -0.05) is 18.2 Å². The van der Waals surface area contributed by atoms with E-state index in [0.29, 0.717) is 0 Å². The van der Waals surface area contributed by atoms with Crippen LogP contribution >= 0.6 is 11.8 Å². The third-order valence-electron chi connectivity index (χ3n) is 3.35. The van der Waals surface area contributed by atoms with Gasteiger partial charge >= 0.3 is 0 Å². The van der Waals surface area contributed by atoms with E-state index in [0.717, 1.165) is 19.7 Å². The number of hydrogen-bond acceptors (Lipinski definition) is 4. The van der Waals surface area contributed by atoms with Gasteiger partial charge in [0.2, 0.25) is 0 Å². The van der Waals surface area contributed by atoms with Crippen molar-refractivity contribution in [1.82, 2.24) is 5.32 Å². The zero-order valence-corrected chi connectivity index (χ0v) is 12.5. The van der Waals surface area contributed by atoms with E-state index in [1.807, 2.05) is 0 Å². The molecule has 1 aromatic carbocycles. The Morgan fingerprint density at radius 3 is 3.05 bits per heavy atom. The van der Waals surface area contributed by atoms with Gasteiger partial charge in [-0.25, -0.2) is 0 Å². The second kappa shape index (κ2) is 8.46. The van der Waals surface area contributed by atoms with Crippen LogP contribution in [0.4, 0.5) is 5.69 Å². The summed E-state index contributed by atoms with van der Waals surface area (Å²) >= 11 is 2.07. The van der Waals surface area contributed by atoms with Crippen molar-refractivity contribution < 1.29 is 4.74 Å². The molecule has 106 valence electrons. The molecule has 0 amide bonds. The lowest BCUT2D eigenvalue weighted by atomic mass is 10.1. The first-order chi connectivity index (χ1) is 9.42. The van der Waals surface area contributed by atoms with Crippen molar-refractivity contribution in [3.8, 4) is 0 Å². The Bertz CT molecular complexity index is 365. The molecule has 1 aromatic rings. The first-order valence-corrected chi connectivity index (χ1v) is 8.17. The molecule has 0 bridgehead atoms. The fraction of sp³-hybridized carbons (Fsp3) is 0.600. The molecule has 4 heteroatoms. The number of ether oxygens (including phenoxy) is 1. The normalized spacial score (nSPS) is 16.4. The number of methoxy groups -OCH3 is 1. The van der Waals surface area contributed by atoms with E-state index in [-0.39, 0.29) is 0 Å². The van der Waals surface area contributed by atoms with Crippen LogP contribution in [0.3, 0.4) is 0 Å². The minimum atomic E-state index is 0.766. The minimum absolute atomic E-state index is 0.766. The maximum atomic E-state index is 5.07. The van der Waals surface area contributed by atoms with Gasteiger partial charge in [-0.2, -0.15) is 11.8 Å². The Morgan fingerprint density at radius 1 is 1.26 bits per heavy atom. The van der Waals surface area contributed by atoms with E-state index >= 15 is 0 Å². The van der Waals surface area contributed by atoms with Crippen molar-refractivity contribution in [3.63, 3.8) is 0 Å². The monoisotopic (exact) mass is 280 g/mol. The molecule has 2 rings (SSSR count). The Balaban J connectivity index is 1.98. The SMILES string of the molecule is COCCNCc1ccccc1N1CCCSCC1. The second-order valence-electron chi connectivity index (χ2n) is 4.75. The molecule has 1 N–H and O–H groups in total. The number of rotatable bonds is 6. The standard InChI is InChI=1S/C15H24N2OS/c1-18-10-7-16-13-14-5-2-3-6-15(14)17-8-4-11-19-12-9-17/h2-3,5-6,16H,4,7-13H2,1H3. The number of anilines is 1. The summed E-state index contributed by atoms with van der Waals surface area (Å²) in [6.45, 7) is 4.94. The Labute approximate surface area is 120 Å². The Hall–Kier alpha value is -0.710. The average Bonchev–Trinajstić information content (AvgIpc) is 2.73. The molecule has 1 aliphatic rings. The highest BCUT2D eigenvalue weighted by Gasteiger charge is 2.12. The predicted molar refractivity (Wildman–Crippen MR) is 84.2 cm³/mol. The van der Waals surface area contributed by atoms with E-state index in [9.17, 15) is 0 Å². The smallest absolute Gasteiger partial charge is 0.0587 e. The summed E-state index contributed by atoms with van der Waals surface area (Å²) in [5.74, 6) is 2.54. The molecule has 0 aromatic heterocycles. The molecule has 0 radical (unpaired) electrons. The van der Waals surface area contributed by atoms with Crippen molar-refractivity contribution in [2.75, 3.05) is 49.8 Å². The zero-order valence-electron chi connectivity index (χ0n) is 11.7. The molecule has 1 heterocycles. The fourth-order valence-corrected chi connectivity index (χ4v) is 3.24. The van der Waals surface area contributed by atoms with Gasteiger partial charge < -0.3 is 15.0 Å². The van der Waals surface area contributed by atoms with Crippen LogP contribution in [0.25, 0.3) is 0 Å². The molecule has 1 aliphatic heterocycles. The van der Waals surface area contributed by atoms with Crippen LogP contribution in [-0.4, -0.2) is 44.9 Å². The average molecular weight is 280 g/mol. The van der Waals surface area contributed by atoms with E-state index < -0.39 is 0 Å². The fourth-order valence-electron chi connectivity index (χ4n) is 2.35. The van der Waals surface area contributed by atoms with Crippen molar-refractivity contribution in [3.05, 3.63) is 29.8 Å². The summed E-state index contributed by atoms with van der Waals surface area (Å²) in [6.07, 6.45) is 1.29. The van der Waals surface area contributed by atoms with Crippen LogP contribution in [0, 0.1) is 0 Å². The van der Waals surface area contributed by atoms with Gasteiger partial charge in [-0.3, -0.25) is 0 Å². The summed E-state index contributed by atoms with van der Waals surface area (Å²) in [5.41, 5.74) is 2.79. The van der Waals surface area contributed by atoms with E-state index in [2.05, 4.69) is 46.2 Å².